The lowest BCUT2D eigenvalue weighted by atomic mass is 10.4. The normalized spacial score (nSPS) is 9.00. The molecule has 0 radical (unpaired) electrons. The molecule has 1 rings (SSSR count). The van der Waals surface area contributed by atoms with Crippen molar-refractivity contribution >= 4 is 0 Å². The Bertz CT molecular complexity index is 193. The van der Waals surface area contributed by atoms with E-state index in [1.807, 2.05) is 24.7 Å². The Hall–Kier alpha value is -0.860. The summed E-state index contributed by atoms with van der Waals surface area (Å²) in [4.78, 5) is 0. The fourth-order valence-corrected chi connectivity index (χ4v) is 0.839. The van der Waals surface area contributed by atoms with E-state index in [9.17, 15) is 0 Å². The van der Waals surface area contributed by atoms with Gasteiger partial charge in [-0.3, -0.25) is 4.68 Å². The molecular formula is C9H19N3. The highest BCUT2D eigenvalue weighted by Crippen LogP contribution is 1.93. The van der Waals surface area contributed by atoms with Crippen molar-refractivity contribution in [3.8, 4) is 0 Å². The Morgan fingerprint density at radius 1 is 1.33 bits per heavy atom. The first kappa shape index (κ1) is 11.1. The number of hydrogen-bond donors (Lipinski definition) is 0. The molecule has 12 heavy (non-hydrogen) atoms. The summed E-state index contributed by atoms with van der Waals surface area (Å²) in [5.41, 5.74) is 1.08. The number of nitrogens with zero attached hydrogens (tertiary/aromatic N) is 3. The maximum atomic E-state index is 3.97. The molecule has 0 saturated heterocycles. The third-order valence-corrected chi connectivity index (χ3v) is 1.40. The summed E-state index contributed by atoms with van der Waals surface area (Å²) < 4.78 is 1.89. The molecule has 0 bridgehead atoms. The zero-order valence-corrected chi connectivity index (χ0v) is 8.54. The zero-order valence-electron chi connectivity index (χ0n) is 8.54. The Morgan fingerprint density at radius 3 is 2.42 bits per heavy atom. The molecule has 3 nitrogen and oxygen atoms in total. The van der Waals surface area contributed by atoms with E-state index in [0.29, 0.717) is 0 Å². The molecule has 0 unspecified atom stereocenters. The fraction of sp³-hybridized carbons (Fsp3) is 0.778. The number of aromatic nitrogens is 3. The second-order valence-electron chi connectivity index (χ2n) is 2.33. The predicted molar refractivity (Wildman–Crippen MR) is 51.0 cm³/mol. The highest BCUT2D eigenvalue weighted by Gasteiger charge is 1.94. The standard InChI is InChI=1S/C7H13N3.C2H6/c1-3-5-10-6-7(4-2)8-9-10;1-2/h6H,3-5H2,1-2H3;1-2H3. The third kappa shape index (κ3) is 3.51. The van der Waals surface area contributed by atoms with Gasteiger partial charge in [-0.25, -0.2) is 0 Å². The molecule has 0 spiro atoms. The van der Waals surface area contributed by atoms with Gasteiger partial charge in [0.15, 0.2) is 0 Å². The van der Waals surface area contributed by atoms with Gasteiger partial charge in [0.2, 0.25) is 0 Å². The van der Waals surface area contributed by atoms with Gasteiger partial charge in [-0.15, -0.1) is 5.10 Å². The maximum absolute atomic E-state index is 3.97. The van der Waals surface area contributed by atoms with E-state index in [1.54, 1.807) is 0 Å². The van der Waals surface area contributed by atoms with Crippen molar-refractivity contribution in [1.82, 2.24) is 15.0 Å². The summed E-state index contributed by atoms with van der Waals surface area (Å²) in [6, 6.07) is 0. The largest absolute Gasteiger partial charge is 0.252 e. The van der Waals surface area contributed by atoms with Crippen molar-refractivity contribution in [2.75, 3.05) is 0 Å². The van der Waals surface area contributed by atoms with Crippen LogP contribution in [-0.2, 0) is 13.0 Å². The zero-order chi connectivity index (χ0) is 9.40. The summed E-state index contributed by atoms with van der Waals surface area (Å²) in [5.74, 6) is 0. The molecule has 0 atom stereocenters. The SMILES string of the molecule is CC.CCCn1cc(CC)nn1. The van der Waals surface area contributed by atoms with E-state index in [0.717, 1.165) is 25.1 Å². The summed E-state index contributed by atoms with van der Waals surface area (Å²) in [6.45, 7) is 9.20. The number of rotatable bonds is 3. The molecule has 0 fully saturated rings. The molecule has 1 aromatic rings. The molecule has 0 aliphatic rings. The third-order valence-electron chi connectivity index (χ3n) is 1.40. The lowest BCUT2D eigenvalue weighted by Gasteiger charge is -1.91. The van der Waals surface area contributed by atoms with E-state index in [2.05, 4.69) is 24.2 Å². The van der Waals surface area contributed by atoms with Crippen molar-refractivity contribution in [2.45, 2.75) is 47.1 Å². The molecule has 1 heterocycles. The van der Waals surface area contributed by atoms with Crippen LogP contribution in [0.5, 0.6) is 0 Å². The smallest absolute Gasteiger partial charge is 0.0824 e. The summed E-state index contributed by atoms with van der Waals surface area (Å²) in [7, 11) is 0. The molecule has 0 aliphatic carbocycles. The fourth-order valence-electron chi connectivity index (χ4n) is 0.839. The highest BCUT2D eigenvalue weighted by atomic mass is 15.4. The minimum absolute atomic E-state index is 0.976. The first-order chi connectivity index (χ1) is 5.86. The maximum Gasteiger partial charge on any atom is 0.0824 e. The molecule has 70 valence electrons. The van der Waals surface area contributed by atoms with Gasteiger partial charge < -0.3 is 0 Å². The molecule has 0 saturated carbocycles. The van der Waals surface area contributed by atoms with Crippen LogP contribution in [0, 0.1) is 0 Å². The van der Waals surface area contributed by atoms with Crippen LogP contribution in [0.15, 0.2) is 6.20 Å². The molecule has 0 aliphatic heterocycles. The molecule has 1 aromatic heterocycles. The van der Waals surface area contributed by atoms with Gasteiger partial charge in [0.1, 0.15) is 0 Å². The second kappa shape index (κ2) is 6.83. The van der Waals surface area contributed by atoms with Crippen LogP contribution in [0.3, 0.4) is 0 Å². The van der Waals surface area contributed by atoms with Crippen molar-refractivity contribution in [1.29, 1.82) is 0 Å². The van der Waals surface area contributed by atoms with Gasteiger partial charge in [0.05, 0.1) is 5.69 Å². The van der Waals surface area contributed by atoms with Gasteiger partial charge in [-0.2, -0.15) is 0 Å². The lowest BCUT2D eigenvalue weighted by Crippen LogP contribution is -1.96. The van der Waals surface area contributed by atoms with Crippen molar-refractivity contribution in [3.05, 3.63) is 11.9 Å². The van der Waals surface area contributed by atoms with Crippen molar-refractivity contribution in [3.63, 3.8) is 0 Å². The Kier molecular flexibility index (Phi) is 6.34. The van der Waals surface area contributed by atoms with Crippen LogP contribution in [0.2, 0.25) is 0 Å². The lowest BCUT2D eigenvalue weighted by molar-refractivity contribution is 0.579. The topological polar surface area (TPSA) is 30.7 Å². The van der Waals surface area contributed by atoms with Crippen LogP contribution in [-0.4, -0.2) is 15.0 Å². The number of aryl methyl sites for hydroxylation is 2. The molecule has 0 aromatic carbocycles. The van der Waals surface area contributed by atoms with Gasteiger partial charge >= 0.3 is 0 Å². The van der Waals surface area contributed by atoms with Crippen LogP contribution in [0.1, 0.15) is 39.8 Å². The van der Waals surface area contributed by atoms with Gasteiger partial charge in [-0.05, 0) is 12.8 Å². The van der Waals surface area contributed by atoms with Crippen molar-refractivity contribution in [2.24, 2.45) is 0 Å². The van der Waals surface area contributed by atoms with E-state index in [4.69, 9.17) is 0 Å². The Labute approximate surface area is 74.8 Å². The van der Waals surface area contributed by atoms with E-state index < -0.39 is 0 Å². The summed E-state index contributed by atoms with van der Waals surface area (Å²) in [5, 5.41) is 7.91. The van der Waals surface area contributed by atoms with E-state index in [-0.39, 0.29) is 0 Å². The van der Waals surface area contributed by atoms with E-state index >= 15 is 0 Å². The second-order valence-corrected chi connectivity index (χ2v) is 2.33. The van der Waals surface area contributed by atoms with Crippen LogP contribution in [0.4, 0.5) is 0 Å². The van der Waals surface area contributed by atoms with Crippen LogP contribution < -0.4 is 0 Å². The van der Waals surface area contributed by atoms with E-state index in [1.165, 1.54) is 0 Å². The quantitative estimate of drug-likeness (QED) is 0.695. The Morgan fingerprint density at radius 2 is 2.00 bits per heavy atom. The van der Waals surface area contributed by atoms with Crippen molar-refractivity contribution < 1.29 is 0 Å². The molecule has 3 heteroatoms. The molecule has 0 amide bonds. The van der Waals surface area contributed by atoms with Gasteiger partial charge in [0, 0.05) is 12.7 Å². The monoisotopic (exact) mass is 169 g/mol. The number of hydrogen-bond acceptors (Lipinski definition) is 2. The minimum atomic E-state index is 0.976. The average molecular weight is 169 g/mol. The first-order valence-electron chi connectivity index (χ1n) is 4.75. The molecule has 0 N–H and O–H groups in total. The summed E-state index contributed by atoms with van der Waals surface area (Å²) >= 11 is 0. The Balaban J connectivity index is 0.000000561. The predicted octanol–water partition coefficient (Wildman–Crippen LogP) is 2.28. The van der Waals surface area contributed by atoms with Crippen LogP contribution in [0.25, 0.3) is 0 Å². The highest BCUT2D eigenvalue weighted by molar-refractivity contribution is 4.90. The first-order valence-corrected chi connectivity index (χ1v) is 4.75. The minimum Gasteiger partial charge on any atom is -0.252 e. The summed E-state index contributed by atoms with van der Waals surface area (Å²) in [6.07, 6.45) is 4.10. The molecular weight excluding hydrogens is 150 g/mol. The van der Waals surface area contributed by atoms with Gasteiger partial charge in [0.25, 0.3) is 0 Å². The van der Waals surface area contributed by atoms with Crippen LogP contribution >= 0.6 is 0 Å². The van der Waals surface area contributed by atoms with Gasteiger partial charge in [-0.1, -0.05) is 32.9 Å². The average Bonchev–Trinajstić information content (AvgIpc) is 2.57.